The summed E-state index contributed by atoms with van der Waals surface area (Å²) < 4.78 is 33.4. The van der Waals surface area contributed by atoms with Gasteiger partial charge in [0.25, 0.3) is 15.9 Å². The van der Waals surface area contributed by atoms with Gasteiger partial charge in [-0.25, -0.2) is 8.42 Å². The molecule has 7 heteroatoms. The first-order valence-electron chi connectivity index (χ1n) is 8.54. The minimum atomic E-state index is -3.79. The zero-order valence-corrected chi connectivity index (χ0v) is 15.4. The van der Waals surface area contributed by atoms with Crippen molar-refractivity contribution in [3.8, 4) is 0 Å². The Labute approximate surface area is 153 Å². The molecule has 0 spiro atoms. The maximum Gasteiger partial charge on any atom is 0.262 e. The van der Waals surface area contributed by atoms with Crippen molar-refractivity contribution in [1.29, 1.82) is 0 Å². The van der Waals surface area contributed by atoms with Crippen LogP contribution >= 0.6 is 0 Å². The number of hydrogen-bond acceptors (Lipinski definition) is 4. The van der Waals surface area contributed by atoms with Gasteiger partial charge in [-0.3, -0.25) is 9.52 Å². The number of anilines is 1. The number of amides is 1. The van der Waals surface area contributed by atoms with Crippen LogP contribution in [-0.2, 0) is 14.8 Å². The van der Waals surface area contributed by atoms with E-state index in [1.54, 1.807) is 43.3 Å². The largest absolute Gasteiger partial charge is 0.376 e. The van der Waals surface area contributed by atoms with Crippen LogP contribution in [0.25, 0.3) is 0 Å². The second-order valence-electron chi connectivity index (χ2n) is 6.30. The van der Waals surface area contributed by atoms with Gasteiger partial charge in [0.2, 0.25) is 0 Å². The number of benzene rings is 2. The van der Waals surface area contributed by atoms with Gasteiger partial charge < -0.3 is 10.1 Å². The summed E-state index contributed by atoms with van der Waals surface area (Å²) in [5, 5.41) is 2.81. The lowest BCUT2D eigenvalue weighted by Gasteiger charge is -2.13. The minimum Gasteiger partial charge on any atom is -0.376 e. The van der Waals surface area contributed by atoms with Crippen molar-refractivity contribution >= 4 is 21.6 Å². The van der Waals surface area contributed by atoms with E-state index in [2.05, 4.69) is 10.0 Å². The van der Waals surface area contributed by atoms with Crippen LogP contribution in [0.5, 0.6) is 0 Å². The number of para-hydroxylation sites is 1. The predicted molar refractivity (Wildman–Crippen MR) is 99.7 cm³/mol. The van der Waals surface area contributed by atoms with Crippen LogP contribution in [0.1, 0.15) is 28.8 Å². The molecule has 3 rings (SSSR count). The van der Waals surface area contributed by atoms with Gasteiger partial charge in [0.15, 0.2) is 0 Å². The third-order valence-electron chi connectivity index (χ3n) is 4.28. The monoisotopic (exact) mass is 374 g/mol. The second-order valence-corrected chi connectivity index (χ2v) is 7.95. The van der Waals surface area contributed by atoms with Crippen LogP contribution in [0, 0.1) is 6.92 Å². The van der Waals surface area contributed by atoms with Crippen LogP contribution in [0.2, 0.25) is 0 Å². The molecule has 1 atom stereocenters. The van der Waals surface area contributed by atoms with Crippen molar-refractivity contribution in [2.45, 2.75) is 30.8 Å². The van der Waals surface area contributed by atoms with Crippen molar-refractivity contribution in [2.24, 2.45) is 0 Å². The van der Waals surface area contributed by atoms with Crippen molar-refractivity contribution in [2.75, 3.05) is 17.9 Å². The molecule has 1 aliphatic rings. The molecule has 0 aromatic heterocycles. The lowest BCUT2D eigenvalue weighted by atomic mass is 10.1. The zero-order valence-electron chi connectivity index (χ0n) is 14.6. The molecule has 1 aliphatic heterocycles. The number of hydrogen-bond donors (Lipinski definition) is 2. The van der Waals surface area contributed by atoms with Gasteiger partial charge in [0.05, 0.1) is 11.0 Å². The van der Waals surface area contributed by atoms with E-state index in [9.17, 15) is 13.2 Å². The summed E-state index contributed by atoms with van der Waals surface area (Å²) in [4.78, 5) is 12.5. The quantitative estimate of drug-likeness (QED) is 0.814. The molecular weight excluding hydrogens is 352 g/mol. The highest BCUT2D eigenvalue weighted by atomic mass is 32.2. The second kappa shape index (κ2) is 7.88. The molecule has 1 heterocycles. The van der Waals surface area contributed by atoms with Gasteiger partial charge >= 0.3 is 0 Å². The molecule has 2 aromatic carbocycles. The van der Waals surface area contributed by atoms with Crippen molar-refractivity contribution in [3.63, 3.8) is 0 Å². The van der Waals surface area contributed by atoms with E-state index in [0.717, 1.165) is 19.4 Å². The SMILES string of the molecule is Cc1ccc(C(=O)NC[C@@H]2CCCO2)cc1S(=O)(=O)Nc1ccccc1. The number of ether oxygens (including phenoxy) is 1. The number of rotatable bonds is 6. The van der Waals surface area contributed by atoms with E-state index in [0.29, 0.717) is 23.4 Å². The molecule has 1 amide bonds. The van der Waals surface area contributed by atoms with Gasteiger partial charge in [-0.15, -0.1) is 0 Å². The lowest BCUT2D eigenvalue weighted by Crippen LogP contribution is -2.31. The Bertz CT molecular complexity index is 876. The summed E-state index contributed by atoms with van der Waals surface area (Å²) in [7, 11) is -3.79. The number of sulfonamides is 1. The highest BCUT2D eigenvalue weighted by molar-refractivity contribution is 7.92. The fourth-order valence-electron chi connectivity index (χ4n) is 2.86. The van der Waals surface area contributed by atoms with E-state index in [4.69, 9.17) is 4.74 Å². The van der Waals surface area contributed by atoms with E-state index in [1.165, 1.54) is 6.07 Å². The summed E-state index contributed by atoms with van der Waals surface area (Å²) in [6.45, 7) is 2.85. The zero-order chi connectivity index (χ0) is 18.6. The Morgan fingerprint density at radius 3 is 2.65 bits per heavy atom. The molecule has 6 nitrogen and oxygen atoms in total. The molecule has 0 aliphatic carbocycles. The Morgan fingerprint density at radius 1 is 1.19 bits per heavy atom. The van der Waals surface area contributed by atoms with E-state index in [1.807, 2.05) is 6.07 Å². The Hall–Kier alpha value is -2.38. The van der Waals surface area contributed by atoms with E-state index in [-0.39, 0.29) is 16.9 Å². The molecule has 0 saturated carbocycles. The van der Waals surface area contributed by atoms with Crippen molar-refractivity contribution in [3.05, 3.63) is 59.7 Å². The molecule has 0 bridgehead atoms. The smallest absolute Gasteiger partial charge is 0.262 e. The third kappa shape index (κ3) is 4.42. The predicted octanol–water partition coefficient (Wildman–Crippen LogP) is 2.70. The average molecular weight is 374 g/mol. The number of aryl methyl sites for hydroxylation is 1. The number of carbonyl (C=O) groups is 1. The van der Waals surface area contributed by atoms with Gasteiger partial charge in [0.1, 0.15) is 0 Å². The van der Waals surface area contributed by atoms with Crippen LogP contribution < -0.4 is 10.0 Å². The Balaban J connectivity index is 1.77. The average Bonchev–Trinajstić information content (AvgIpc) is 3.14. The van der Waals surface area contributed by atoms with Crippen LogP contribution in [-0.4, -0.2) is 33.6 Å². The van der Waals surface area contributed by atoms with E-state index >= 15 is 0 Å². The van der Waals surface area contributed by atoms with Crippen molar-refractivity contribution < 1.29 is 17.9 Å². The maximum atomic E-state index is 12.7. The summed E-state index contributed by atoms with van der Waals surface area (Å²) in [6.07, 6.45) is 1.96. The molecular formula is C19H22N2O4S. The first-order valence-corrected chi connectivity index (χ1v) is 10.0. The van der Waals surface area contributed by atoms with Crippen molar-refractivity contribution in [1.82, 2.24) is 5.32 Å². The van der Waals surface area contributed by atoms with Gasteiger partial charge in [0, 0.05) is 24.4 Å². The molecule has 2 N–H and O–H groups in total. The molecule has 0 unspecified atom stereocenters. The summed E-state index contributed by atoms with van der Waals surface area (Å²) in [5.41, 5.74) is 1.35. The fourth-order valence-corrected chi connectivity index (χ4v) is 4.19. The van der Waals surface area contributed by atoms with Gasteiger partial charge in [-0.05, 0) is 49.6 Å². The highest BCUT2D eigenvalue weighted by Gasteiger charge is 2.20. The Morgan fingerprint density at radius 2 is 1.96 bits per heavy atom. The maximum absolute atomic E-state index is 12.7. The minimum absolute atomic E-state index is 0.0346. The molecule has 138 valence electrons. The van der Waals surface area contributed by atoms with Crippen LogP contribution in [0.3, 0.4) is 0 Å². The highest BCUT2D eigenvalue weighted by Crippen LogP contribution is 2.21. The normalized spacial score (nSPS) is 17.0. The fraction of sp³-hybridized carbons (Fsp3) is 0.316. The number of nitrogens with one attached hydrogen (secondary N) is 2. The molecule has 1 fully saturated rings. The number of carbonyl (C=O) groups excluding carboxylic acids is 1. The van der Waals surface area contributed by atoms with Gasteiger partial charge in [-0.1, -0.05) is 24.3 Å². The molecule has 0 radical (unpaired) electrons. The topological polar surface area (TPSA) is 84.5 Å². The van der Waals surface area contributed by atoms with Crippen LogP contribution in [0.4, 0.5) is 5.69 Å². The summed E-state index contributed by atoms with van der Waals surface area (Å²) in [6, 6.07) is 13.3. The van der Waals surface area contributed by atoms with Crippen LogP contribution in [0.15, 0.2) is 53.4 Å². The third-order valence-corrected chi connectivity index (χ3v) is 5.80. The van der Waals surface area contributed by atoms with Gasteiger partial charge in [-0.2, -0.15) is 0 Å². The molecule has 2 aromatic rings. The first kappa shape index (κ1) is 18.4. The summed E-state index contributed by atoms with van der Waals surface area (Å²) >= 11 is 0. The molecule has 1 saturated heterocycles. The summed E-state index contributed by atoms with van der Waals surface area (Å²) in [5.74, 6) is -0.309. The Kier molecular flexibility index (Phi) is 5.58. The lowest BCUT2D eigenvalue weighted by molar-refractivity contribution is 0.0857. The first-order chi connectivity index (χ1) is 12.5. The molecule has 26 heavy (non-hydrogen) atoms. The van der Waals surface area contributed by atoms with E-state index < -0.39 is 10.0 Å². The standard InChI is InChI=1S/C19H22N2O4S/c1-14-9-10-15(19(22)20-13-17-8-5-11-25-17)12-18(14)26(23,24)21-16-6-3-2-4-7-16/h2-4,6-7,9-10,12,17,21H,5,8,11,13H2,1H3,(H,20,22)/t17-/m0/s1.